The first kappa shape index (κ1) is 23.8. The molecule has 8 heteroatoms. The van der Waals surface area contributed by atoms with E-state index in [1.807, 2.05) is 36.4 Å². The highest BCUT2D eigenvalue weighted by molar-refractivity contribution is 7.89. The summed E-state index contributed by atoms with van der Waals surface area (Å²) in [5.74, 6) is 0.778. The lowest BCUT2D eigenvalue weighted by molar-refractivity contribution is 0.181. The van der Waals surface area contributed by atoms with E-state index in [4.69, 9.17) is 9.47 Å². The summed E-state index contributed by atoms with van der Waals surface area (Å²) in [6, 6.07) is 22.8. The Balaban J connectivity index is 1.41. The Morgan fingerprint density at radius 2 is 1.62 bits per heavy atom. The van der Waals surface area contributed by atoms with E-state index in [0.29, 0.717) is 43.2 Å². The maximum absolute atomic E-state index is 13.3. The number of benzene rings is 3. The number of nitriles is 1. The Labute approximate surface area is 200 Å². The maximum atomic E-state index is 13.3. The normalized spacial score (nSPS) is 15.0. The van der Waals surface area contributed by atoms with Gasteiger partial charge in [0.25, 0.3) is 0 Å². The fourth-order valence-corrected chi connectivity index (χ4v) is 5.73. The Kier molecular flexibility index (Phi) is 7.17. The number of methoxy groups -OCH3 is 2. The zero-order valence-electron chi connectivity index (χ0n) is 19.3. The predicted molar refractivity (Wildman–Crippen MR) is 130 cm³/mol. The summed E-state index contributed by atoms with van der Waals surface area (Å²) in [4.78, 5) is 2.36. The molecule has 1 heterocycles. The van der Waals surface area contributed by atoms with E-state index < -0.39 is 10.0 Å². The number of ether oxygens (including phenoxy) is 2. The molecule has 176 valence electrons. The first-order valence-corrected chi connectivity index (χ1v) is 12.4. The van der Waals surface area contributed by atoms with Crippen LogP contribution in [-0.2, 0) is 16.6 Å². The van der Waals surface area contributed by atoms with Gasteiger partial charge in [0.1, 0.15) is 16.4 Å². The van der Waals surface area contributed by atoms with E-state index in [1.165, 1.54) is 24.6 Å². The lowest BCUT2D eigenvalue weighted by Crippen LogP contribution is -2.48. The topological polar surface area (TPSA) is 82.9 Å². The Hall–Kier alpha value is -3.38. The summed E-state index contributed by atoms with van der Waals surface area (Å²) in [7, 11) is -0.734. The summed E-state index contributed by atoms with van der Waals surface area (Å²) in [5, 5.41) is 9.34. The molecule has 3 aromatic rings. The second kappa shape index (κ2) is 10.3. The Morgan fingerprint density at radius 1 is 0.912 bits per heavy atom. The number of hydrogen-bond donors (Lipinski definition) is 0. The van der Waals surface area contributed by atoms with E-state index in [1.54, 1.807) is 12.1 Å². The van der Waals surface area contributed by atoms with Gasteiger partial charge in [-0.25, -0.2) is 8.42 Å². The van der Waals surface area contributed by atoms with E-state index in [0.717, 1.165) is 23.2 Å². The highest BCUT2D eigenvalue weighted by Gasteiger charge is 2.31. The van der Waals surface area contributed by atoms with E-state index >= 15 is 0 Å². The molecule has 1 aliphatic heterocycles. The third-order valence-corrected chi connectivity index (χ3v) is 7.96. The molecule has 0 N–H and O–H groups in total. The molecule has 1 aliphatic rings. The monoisotopic (exact) mass is 477 g/mol. The van der Waals surface area contributed by atoms with E-state index in [2.05, 4.69) is 23.1 Å². The molecule has 0 aromatic heterocycles. The van der Waals surface area contributed by atoms with Gasteiger partial charge >= 0.3 is 0 Å². The predicted octanol–water partition coefficient (Wildman–Crippen LogP) is 3.75. The van der Waals surface area contributed by atoms with Gasteiger partial charge < -0.3 is 9.47 Å². The van der Waals surface area contributed by atoms with E-state index in [9.17, 15) is 13.7 Å². The van der Waals surface area contributed by atoms with Gasteiger partial charge in [-0.1, -0.05) is 42.5 Å². The van der Waals surface area contributed by atoms with Crippen LogP contribution in [0.2, 0.25) is 0 Å². The van der Waals surface area contributed by atoms with Gasteiger partial charge in [0.05, 0.1) is 25.9 Å². The standard InChI is InChI=1S/C26H27N3O4S/c1-32-23-11-12-25(33-2)26(17-23)34(30,31)29-15-13-28(14-16-29)19-20-7-9-21(10-8-20)24-6-4-3-5-22(24)18-27/h3-12,17H,13-16,19H2,1-2H3. The molecule has 0 atom stereocenters. The summed E-state index contributed by atoms with van der Waals surface area (Å²) in [5.41, 5.74) is 3.72. The molecule has 1 saturated heterocycles. The van der Waals surface area contributed by atoms with Crippen LogP contribution >= 0.6 is 0 Å². The van der Waals surface area contributed by atoms with Crippen molar-refractivity contribution < 1.29 is 17.9 Å². The van der Waals surface area contributed by atoms with Gasteiger partial charge in [-0.3, -0.25) is 4.90 Å². The van der Waals surface area contributed by atoms with Gasteiger partial charge in [-0.05, 0) is 34.9 Å². The van der Waals surface area contributed by atoms with Crippen molar-refractivity contribution in [3.8, 4) is 28.7 Å². The molecule has 0 aliphatic carbocycles. The second-order valence-corrected chi connectivity index (χ2v) is 9.96. The SMILES string of the molecule is COc1ccc(OC)c(S(=O)(=O)N2CCN(Cc3ccc(-c4ccccc4C#N)cc3)CC2)c1. The van der Waals surface area contributed by atoms with Gasteiger partial charge in [-0.15, -0.1) is 0 Å². The van der Waals surface area contributed by atoms with Crippen LogP contribution in [0.1, 0.15) is 11.1 Å². The number of rotatable bonds is 7. The van der Waals surface area contributed by atoms with Gasteiger partial charge in [0.15, 0.2) is 0 Å². The lowest BCUT2D eigenvalue weighted by atomic mass is 9.99. The van der Waals surface area contributed by atoms with Crippen LogP contribution in [0.3, 0.4) is 0 Å². The highest BCUT2D eigenvalue weighted by atomic mass is 32.2. The molecule has 1 fully saturated rings. The molecule has 0 radical (unpaired) electrons. The molecule has 34 heavy (non-hydrogen) atoms. The van der Waals surface area contributed by atoms with Crippen LogP contribution in [0.4, 0.5) is 0 Å². The lowest BCUT2D eigenvalue weighted by Gasteiger charge is -2.34. The summed E-state index contributed by atoms with van der Waals surface area (Å²) < 4.78 is 38.5. The molecule has 0 saturated carbocycles. The minimum Gasteiger partial charge on any atom is -0.497 e. The average molecular weight is 478 g/mol. The van der Waals surface area contributed by atoms with Crippen LogP contribution in [0.5, 0.6) is 11.5 Å². The number of hydrogen-bond acceptors (Lipinski definition) is 6. The number of nitrogens with zero attached hydrogens (tertiary/aromatic N) is 3. The van der Waals surface area contributed by atoms with Crippen molar-refractivity contribution in [2.24, 2.45) is 0 Å². The smallest absolute Gasteiger partial charge is 0.246 e. The van der Waals surface area contributed by atoms with Crippen LogP contribution in [-0.4, -0.2) is 58.0 Å². The van der Waals surface area contributed by atoms with Crippen molar-refractivity contribution in [3.63, 3.8) is 0 Å². The number of sulfonamides is 1. The second-order valence-electron chi connectivity index (χ2n) is 8.05. The molecule has 3 aromatic carbocycles. The molecule has 0 bridgehead atoms. The molecule has 7 nitrogen and oxygen atoms in total. The van der Waals surface area contributed by atoms with Crippen molar-refractivity contribution in [2.45, 2.75) is 11.4 Å². The van der Waals surface area contributed by atoms with Crippen LogP contribution in [0.25, 0.3) is 11.1 Å². The molecular weight excluding hydrogens is 450 g/mol. The average Bonchev–Trinajstić information content (AvgIpc) is 2.89. The van der Waals surface area contributed by atoms with Crippen molar-refractivity contribution in [3.05, 3.63) is 77.9 Å². The molecule has 0 unspecified atom stereocenters. The van der Waals surface area contributed by atoms with Crippen molar-refractivity contribution in [1.29, 1.82) is 5.26 Å². The Bertz CT molecular complexity index is 1290. The summed E-state index contributed by atoms with van der Waals surface area (Å²) in [6.45, 7) is 2.79. The molecule has 4 rings (SSSR count). The van der Waals surface area contributed by atoms with Crippen molar-refractivity contribution >= 4 is 10.0 Å². The fourth-order valence-electron chi connectivity index (χ4n) is 4.13. The zero-order chi connectivity index (χ0) is 24.1. The summed E-state index contributed by atoms with van der Waals surface area (Å²) >= 11 is 0. The molecular formula is C26H27N3O4S. The van der Waals surface area contributed by atoms with Crippen LogP contribution < -0.4 is 9.47 Å². The maximum Gasteiger partial charge on any atom is 0.246 e. The molecule has 0 spiro atoms. The van der Waals surface area contributed by atoms with Crippen LogP contribution in [0, 0.1) is 11.3 Å². The number of piperazine rings is 1. The minimum atomic E-state index is -3.70. The third kappa shape index (κ3) is 4.92. The highest BCUT2D eigenvalue weighted by Crippen LogP contribution is 2.31. The third-order valence-electron chi connectivity index (χ3n) is 6.04. The van der Waals surface area contributed by atoms with Gasteiger partial charge in [-0.2, -0.15) is 9.57 Å². The minimum absolute atomic E-state index is 0.121. The summed E-state index contributed by atoms with van der Waals surface area (Å²) in [6.07, 6.45) is 0. The Morgan fingerprint density at radius 3 is 2.26 bits per heavy atom. The quantitative estimate of drug-likeness (QED) is 0.516. The van der Waals surface area contributed by atoms with E-state index in [-0.39, 0.29) is 4.90 Å². The zero-order valence-corrected chi connectivity index (χ0v) is 20.1. The fraction of sp³-hybridized carbons (Fsp3) is 0.269. The van der Waals surface area contributed by atoms with Crippen LogP contribution in [0.15, 0.2) is 71.6 Å². The van der Waals surface area contributed by atoms with Crippen molar-refractivity contribution in [1.82, 2.24) is 9.21 Å². The van der Waals surface area contributed by atoms with Crippen molar-refractivity contribution in [2.75, 3.05) is 40.4 Å². The van der Waals surface area contributed by atoms with Gasteiger partial charge in [0.2, 0.25) is 10.0 Å². The first-order valence-electron chi connectivity index (χ1n) is 11.0. The first-order chi connectivity index (χ1) is 16.5. The largest absolute Gasteiger partial charge is 0.497 e. The molecule has 0 amide bonds. The van der Waals surface area contributed by atoms with Gasteiger partial charge in [0, 0.05) is 38.8 Å².